The number of nitrogens with zero attached hydrogens (tertiary/aromatic N) is 5. The van der Waals surface area contributed by atoms with E-state index in [4.69, 9.17) is 9.41 Å². The third kappa shape index (κ3) is 2.56. The molecule has 0 amide bonds. The molecule has 4 aromatic rings. The van der Waals surface area contributed by atoms with E-state index in [9.17, 15) is 10.1 Å². The number of aliphatic imine (C=N–C) groups is 1. The molecule has 3 heterocycles. The molecule has 0 saturated heterocycles. The standard InChI is InChI=1S/C26H21N5O3/c1-15-25-24(22-12-27-14-34-22)28-13-30(25)20-7-6-17(26-9-16(10-26)11-26)8-19(20)23(29-15)18-4-2-3-5-21(18)31(32)33/h2-8,12-16H,9-11H2,1H3/t15-,16?,26?/m1/s1. The van der Waals surface area contributed by atoms with Crippen LogP contribution >= 0.6 is 0 Å². The second kappa shape index (κ2) is 6.72. The number of benzene rings is 2. The predicted molar refractivity (Wildman–Crippen MR) is 125 cm³/mol. The largest absolute Gasteiger partial charge is 0.442 e. The highest BCUT2D eigenvalue weighted by atomic mass is 16.6. The van der Waals surface area contributed by atoms with Gasteiger partial charge in [-0.15, -0.1) is 0 Å². The molecule has 8 nitrogen and oxygen atoms in total. The molecular weight excluding hydrogens is 430 g/mol. The van der Waals surface area contributed by atoms with Crippen LogP contribution in [0.25, 0.3) is 17.1 Å². The summed E-state index contributed by atoms with van der Waals surface area (Å²) in [6.07, 6.45) is 8.49. The summed E-state index contributed by atoms with van der Waals surface area (Å²) in [5, 5.41) is 11.9. The normalized spacial score (nSPS) is 24.2. The smallest absolute Gasteiger partial charge is 0.278 e. The first kappa shape index (κ1) is 19.4. The minimum absolute atomic E-state index is 0.0514. The molecule has 3 saturated carbocycles. The Balaban J connectivity index is 1.50. The molecule has 0 N–H and O–H groups in total. The van der Waals surface area contributed by atoms with Crippen molar-refractivity contribution in [3.8, 4) is 17.1 Å². The molecule has 1 atom stereocenters. The van der Waals surface area contributed by atoms with Crippen LogP contribution in [-0.2, 0) is 5.41 Å². The fraction of sp³-hybridized carbons (Fsp3) is 0.269. The Morgan fingerprint density at radius 3 is 2.68 bits per heavy atom. The first-order valence-electron chi connectivity index (χ1n) is 11.5. The molecule has 0 unspecified atom stereocenters. The fourth-order valence-electron chi connectivity index (χ4n) is 5.94. The Hall–Kier alpha value is -4.07. The van der Waals surface area contributed by atoms with Gasteiger partial charge in [0.05, 0.1) is 39.8 Å². The fourth-order valence-corrected chi connectivity index (χ4v) is 5.94. The van der Waals surface area contributed by atoms with E-state index in [1.54, 1.807) is 30.7 Å². The SMILES string of the molecule is C[C@H]1N=C(c2ccccc2[N+](=O)[O-])c2cc(C34CC(C3)C4)ccc2-n2cnc(-c3cnco3)c21. The van der Waals surface area contributed by atoms with Gasteiger partial charge in [0.25, 0.3) is 5.69 Å². The minimum Gasteiger partial charge on any atom is -0.442 e. The molecule has 0 spiro atoms. The van der Waals surface area contributed by atoms with Gasteiger partial charge < -0.3 is 4.42 Å². The number of nitro benzene ring substituents is 1. The van der Waals surface area contributed by atoms with Gasteiger partial charge in [-0.3, -0.25) is 19.7 Å². The van der Waals surface area contributed by atoms with E-state index >= 15 is 0 Å². The number of hydrogen-bond donors (Lipinski definition) is 0. The molecule has 34 heavy (non-hydrogen) atoms. The lowest BCUT2D eigenvalue weighted by Gasteiger charge is -2.62. The van der Waals surface area contributed by atoms with E-state index in [-0.39, 0.29) is 22.1 Å². The zero-order valence-electron chi connectivity index (χ0n) is 18.5. The maximum Gasteiger partial charge on any atom is 0.278 e. The Labute approximate surface area is 195 Å². The van der Waals surface area contributed by atoms with Gasteiger partial charge in [-0.25, -0.2) is 9.97 Å². The molecule has 1 aliphatic heterocycles. The van der Waals surface area contributed by atoms with Crippen molar-refractivity contribution in [2.45, 2.75) is 37.6 Å². The van der Waals surface area contributed by atoms with Crippen LogP contribution in [0.2, 0.25) is 0 Å². The second-order valence-corrected chi connectivity index (χ2v) is 9.63. The predicted octanol–water partition coefficient (Wildman–Crippen LogP) is 5.40. The van der Waals surface area contributed by atoms with Crippen LogP contribution in [0.1, 0.15) is 54.6 Å². The third-order valence-corrected chi connectivity index (χ3v) is 7.71. The van der Waals surface area contributed by atoms with E-state index in [0.29, 0.717) is 22.7 Å². The topological polar surface area (TPSA) is 99.3 Å². The Morgan fingerprint density at radius 1 is 1.15 bits per heavy atom. The van der Waals surface area contributed by atoms with E-state index in [1.165, 1.54) is 31.2 Å². The van der Waals surface area contributed by atoms with E-state index < -0.39 is 0 Å². The number of para-hydroxylation sites is 1. The van der Waals surface area contributed by atoms with E-state index in [0.717, 1.165) is 22.9 Å². The van der Waals surface area contributed by atoms with Crippen molar-refractivity contribution in [3.63, 3.8) is 0 Å². The lowest BCUT2D eigenvalue weighted by atomic mass is 9.42. The number of aromatic nitrogens is 3. The van der Waals surface area contributed by atoms with Crippen LogP contribution in [0, 0.1) is 16.0 Å². The highest BCUT2D eigenvalue weighted by molar-refractivity contribution is 6.17. The number of rotatable bonds is 4. The lowest BCUT2D eigenvalue weighted by molar-refractivity contribution is -0.385. The van der Waals surface area contributed by atoms with Gasteiger partial charge in [-0.05, 0) is 61.3 Å². The summed E-state index contributed by atoms with van der Waals surface area (Å²) in [5.74, 6) is 1.42. The summed E-state index contributed by atoms with van der Waals surface area (Å²) in [5.41, 5.74) is 6.10. The number of imidazole rings is 1. The van der Waals surface area contributed by atoms with Gasteiger partial charge in [0, 0.05) is 11.6 Å². The van der Waals surface area contributed by atoms with Crippen molar-refractivity contribution in [2.75, 3.05) is 0 Å². The van der Waals surface area contributed by atoms with Gasteiger partial charge in [-0.1, -0.05) is 18.2 Å². The van der Waals surface area contributed by atoms with Gasteiger partial charge in [0.2, 0.25) is 0 Å². The van der Waals surface area contributed by atoms with Crippen LogP contribution in [0.5, 0.6) is 0 Å². The molecule has 3 fully saturated rings. The van der Waals surface area contributed by atoms with Crippen molar-refractivity contribution in [2.24, 2.45) is 10.9 Å². The third-order valence-electron chi connectivity index (χ3n) is 7.71. The van der Waals surface area contributed by atoms with Gasteiger partial charge in [0.15, 0.2) is 12.2 Å². The highest BCUT2D eigenvalue weighted by Gasteiger charge is 2.57. The lowest BCUT2D eigenvalue weighted by Crippen LogP contribution is -2.55. The van der Waals surface area contributed by atoms with Crippen molar-refractivity contribution >= 4 is 11.4 Å². The summed E-state index contributed by atoms with van der Waals surface area (Å²) in [4.78, 5) is 25.4. The first-order chi connectivity index (χ1) is 16.5. The van der Waals surface area contributed by atoms with Crippen molar-refractivity contribution < 1.29 is 9.34 Å². The molecule has 0 radical (unpaired) electrons. The second-order valence-electron chi connectivity index (χ2n) is 9.63. The van der Waals surface area contributed by atoms with E-state index in [1.807, 2.05) is 17.6 Å². The number of hydrogen-bond acceptors (Lipinski definition) is 6. The van der Waals surface area contributed by atoms with Gasteiger partial charge in [-0.2, -0.15) is 0 Å². The number of fused-ring (bicyclic) bond motifs is 3. The minimum atomic E-state index is -0.333. The molecular formula is C26H21N5O3. The van der Waals surface area contributed by atoms with Crippen LogP contribution in [-0.4, -0.2) is 25.2 Å². The van der Waals surface area contributed by atoms with Crippen molar-refractivity contribution in [3.05, 3.63) is 93.9 Å². The summed E-state index contributed by atoms with van der Waals surface area (Å²) < 4.78 is 7.59. The molecule has 8 rings (SSSR count). The van der Waals surface area contributed by atoms with Crippen LogP contribution in [0.4, 0.5) is 5.69 Å². The summed E-state index contributed by atoms with van der Waals surface area (Å²) in [6, 6.07) is 13.1. The summed E-state index contributed by atoms with van der Waals surface area (Å²) in [7, 11) is 0. The molecule has 3 aliphatic carbocycles. The summed E-state index contributed by atoms with van der Waals surface area (Å²) in [6.45, 7) is 1.98. The molecule has 2 aromatic carbocycles. The summed E-state index contributed by atoms with van der Waals surface area (Å²) >= 11 is 0. The quantitative estimate of drug-likeness (QED) is 0.306. The maximum atomic E-state index is 11.9. The van der Waals surface area contributed by atoms with Crippen molar-refractivity contribution in [1.82, 2.24) is 14.5 Å². The number of oxazole rings is 1. The van der Waals surface area contributed by atoms with Crippen LogP contribution in [0.15, 0.2) is 70.8 Å². The molecule has 2 bridgehead atoms. The Morgan fingerprint density at radius 2 is 1.97 bits per heavy atom. The zero-order chi connectivity index (χ0) is 23.0. The van der Waals surface area contributed by atoms with Gasteiger partial charge >= 0.3 is 0 Å². The Bertz CT molecular complexity index is 1480. The van der Waals surface area contributed by atoms with Crippen LogP contribution < -0.4 is 0 Å². The monoisotopic (exact) mass is 451 g/mol. The molecule has 4 aliphatic rings. The highest BCUT2D eigenvalue weighted by Crippen LogP contribution is 2.65. The van der Waals surface area contributed by atoms with Gasteiger partial charge in [0.1, 0.15) is 12.0 Å². The molecule has 8 heteroatoms. The Kier molecular flexibility index (Phi) is 3.84. The maximum absolute atomic E-state index is 11.9. The molecule has 168 valence electrons. The van der Waals surface area contributed by atoms with E-state index in [2.05, 4.69) is 28.2 Å². The number of nitro groups is 1. The van der Waals surface area contributed by atoms with Crippen molar-refractivity contribution in [1.29, 1.82) is 0 Å². The average molecular weight is 451 g/mol. The first-order valence-corrected chi connectivity index (χ1v) is 11.5. The van der Waals surface area contributed by atoms with Crippen LogP contribution in [0.3, 0.4) is 0 Å². The molecule has 2 aromatic heterocycles. The zero-order valence-corrected chi connectivity index (χ0v) is 18.5. The average Bonchev–Trinajstić information content (AvgIpc) is 3.43.